The quantitative estimate of drug-likeness (QED) is 0.220. The Morgan fingerprint density at radius 2 is 1.75 bits per heavy atom. The molecule has 4 N–H and O–H groups in total. The Hall–Kier alpha value is -2.67. The van der Waals surface area contributed by atoms with E-state index >= 15 is 0 Å². The Kier molecular flexibility index (Phi) is 12.4. The van der Waals surface area contributed by atoms with Crippen molar-refractivity contribution in [1.82, 2.24) is 15.5 Å². The topological polar surface area (TPSA) is 145 Å². The van der Waals surface area contributed by atoms with E-state index in [1.165, 1.54) is 24.9 Å². The van der Waals surface area contributed by atoms with Gasteiger partial charge >= 0.3 is 5.97 Å². The van der Waals surface area contributed by atoms with Crippen LogP contribution in [-0.2, 0) is 30.3 Å². The molecule has 0 spiro atoms. The average Bonchev–Trinajstić information content (AvgIpc) is 2.85. The molecule has 0 fully saturated rings. The van der Waals surface area contributed by atoms with Crippen molar-refractivity contribution >= 4 is 46.3 Å². The van der Waals surface area contributed by atoms with Gasteiger partial charge in [0.05, 0.1) is 15.8 Å². The molecule has 0 saturated heterocycles. The Labute approximate surface area is 250 Å². The van der Waals surface area contributed by atoms with E-state index in [-0.39, 0.29) is 29.9 Å². The molecule has 1 aliphatic heterocycles. The fraction of sp³-hybridized carbons (Fsp3) is 0.586. The predicted octanol–water partition coefficient (Wildman–Crippen LogP) is 2.68. The number of nitrogens with zero attached hydrogens (tertiary/aromatic N) is 1. The predicted molar refractivity (Wildman–Crippen MR) is 159 cm³/mol. The van der Waals surface area contributed by atoms with Crippen molar-refractivity contribution in [3.8, 4) is 5.75 Å². The fourth-order valence-corrected chi connectivity index (χ4v) is 5.43. The number of aliphatic hydroxyl groups excluding tert-OH is 1. The van der Waals surface area contributed by atoms with E-state index < -0.39 is 48.1 Å². The molecule has 1 aliphatic rings. The molecular weight excluding hydrogens is 629 g/mol. The molecular formula is C29H42IN3O7. The van der Waals surface area contributed by atoms with Gasteiger partial charge in [-0.05, 0) is 86.7 Å². The standard InChI is InChI=1S/C29H42IN3O7/c1-15-10-16(2)12-18(4)40-29(39)25(20(6)34)32-27(37)23(14-21-8-9-24(35)22(30)13-21)33(7)28(38)19(5)31-26(36)17(3)11-15/h8-10,13,16-20,23,25,34-35H,11-12,14H2,1-7H3,(H,31,36)(H,32,37). The first-order chi connectivity index (χ1) is 18.6. The molecule has 0 aromatic heterocycles. The molecule has 1 aromatic carbocycles. The van der Waals surface area contributed by atoms with Crippen LogP contribution in [0.3, 0.4) is 0 Å². The highest BCUT2D eigenvalue weighted by atomic mass is 127. The average molecular weight is 672 g/mol. The number of rotatable bonds is 3. The van der Waals surface area contributed by atoms with Crippen LogP contribution in [-0.4, -0.2) is 76.2 Å². The van der Waals surface area contributed by atoms with E-state index in [1.807, 2.05) is 42.5 Å². The lowest BCUT2D eigenvalue weighted by atomic mass is 9.95. The number of esters is 1. The SMILES string of the molecule is CC1=CC(C)CC(C)OC(=O)C(C(C)O)NC(=O)C(Cc2ccc(O)c(I)c2)N(C)C(=O)C(C)NC(=O)C(C)C1. The number of nitrogens with one attached hydrogen (secondary N) is 2. The zero-order chi connectivity index (χ0) is 30.3. The van der Waals surface area contributed by atoms with E-state index in [2.05, 4.69) is 10.6 Å². The summed E-state index contributed by atoms with van der Waals surface area (Å²) in [5, 5.41) is 25.6. The minimum atomic E-state index is -1.36. The molecule has 0 radical (unpaired) electrons. The van der Waals surface area contributed by atoms with Gasteiger partial charge in [0, 0.05) is 19.4 Å². The highest BCUT2D eigenvalue weighted by Gasteiger charge is 2.35. The Bertz CT molecular complexity index is 1120. The number of benzene rings is 1. The first-order valence-corrected chi connectivity index (χ1v) is 14.6. The van der Waals surface area contributed by atoms with Crippen LogP contribution in [0.1, 0.15) is 59.9 Å². The largest absolute Gasteiger partial charge is 0.507 e. The van der Waals surface area contributed by atoms with Crippen molar-refractivity contribution in [1.29, 1.82) is 0 Å². The van der Waals surface area contributed by atoms with Crippen molar-refractivity contribution in [2.45, 2.75) is 91.1 Å². The van der Waals surface area contributed by atoms with E-state index in [1.54, 1.807) is 32.9 Å². The van der Waals surface area contributed by atoms with Crippen molar-refractivity contribution in [2.24, 2.45) is 11.8 Å². The maximum Gasteiger partial charge on any atom is 0.331 e. The second-order valence-corrected chi connectivity index (χ2v) is 12.2. The number of cyclic esters (lactones) is 1. The smallest absolute Gasteiger partial charge is 0.331 e. The lowest BCUT2D eigenvalue weighted by molar-refractivity contribution is -0.156. The summed E-state index contributed by atoms with van der Waals surface area (Å²) in [7, 11) is 1.45. The second-order valence-electron chi connectivity index (χ2n) is 11.0. The first-order valence-electron chi connectivity index (χ1n) is 13.5. The van der Waals surface area contributed by atoms with E-state index in [4.69, 9.17) is 4.74 Å². The summed E-state index contributed by atoms with van der Waals surface area (Å²) in [6, 6.07) is 1.46. The van der Waals surface area contributed by atoms with Gasteiger partial charge in [-0.25, -0.2) is 4.79 Å². The molecule has 1 aromatic rings. The summed E-state index contributed by atoms with van der Waals surface area (Å²) >= 11 is 1.96. The van der Waals surface area contributed by atoms with Crippen LogP contribution < -0.4 is 10.6 Å². The molecule has 10 nitrogen and oxygen atoms in total. The van der Waals surface area contributed by atoms with Gasteiger partial charge in [0.1, 0.15) is 17.8 Å². The third kappa shape index (κ3) is 9.46. The summed E-state index contributed by atoms with van der Waals surface area (Å²) in [6.45, 7) is 10.4. The summed E-state index contributed by atoms with van der Waals surface area (Å²) in [6.07, 6.45) is 1.34. The van der Waals surface area contributed by atoms with Crippen molar-refractivity contribution in [3.63, 3.8) is 0 Å². The first kappa shape index (κ1) is 33.5. The van der Waals surface area contributed by atoms with Crippen LogP contribution in [0.15, 0.2) is 29.8 Å². The highest BCUT2D eigenvalue weighted by molar-refractivity contribution is 14.1. The van der Waals surface area contributed by atoms with Gasteiger partial charge in [-0.2, -0.15) is 0 Å². The third-order valence-electron chi connectivity index (χ3n) is 6.99. The van der Waals surface area contributed by atoms with Gasteiger partial charge in [0.15, 0.2) is 6.04 Å². The van der Waals surface area contributed by atoms with Crippen LogP contribution in [0.25, 0.3) is 0 Å². The molecule has 40 heavy (non-hydrogen) atoms. The van der Waals surface area contributed by atoms with E-state index in [0.717, 1.165) is 5.57 Å². The lowest BCUT2D eigenvalue weighted by Gasteiger charge is -2.32. The summed E-state index contributed by atoms with van der Waals surface area (Å²) < 4.78 is 6.16. The Balaban J connectivity index is 2.48. The highest BCUT2D eigenvalue weighted by Crippen LogP contribution is 2.23. The molecule has 222 valence electrons. The van der Waals surface area contributed by atoms with Crippen LogP contribution >= 0.6 is 22.6 Å². The van der Waals surface area contributed by atoms with Crippen LogP contribution in [0.5, 0.6) is 5.75 Å². The zero-order valence-electron chi connectivity index (χ0n) is 24.2. The van der Waals surface area contributed by atoms with E-state index in [0.29, 0.717) is 22.0 Å². The number of aliphatic hydroxyl groups is 1. The van der Waals surface area contributed by atoms with Crippen LogP contribution in [0, 0.1) is 15.4 Å². The number of hydrogen-bond donors (Lipinski definition) is 4. The Morgan fingerprint density at radius 3 is 2.35 bits per heavy atom. The number of halogens is 1. The zero-order valence-corrected chi connectivity index (χ0v) is 26.4. The summed E-state index contributed by atoms with van der Waals surface area (Å²) in [5.41, 5.74) is 1.67. The van der Waals surface area contributed by atoms with Crippen molar-refractivity contribution in [2.75, 3.05) is 7.05 Å². The van der Waals surface area contributed by atoms with Gasteiger partial charge < -0.3 is 30.5 Å². The molecule has 0 saturated carbocycles. The molecule has 7 atom stereocenters. The summed E-state index contributed by atoms with van der Waals surface area (Å²) in [5.74, 6) is -2.48. The minimum Gasteiger partial charge on any atom is -0.507 e. The van der Waals surface area contributed by atoms with E-state index in [9.17, 15) is 29.4 Å². The second kappa shape index (κ2) is 14.8. The Morgan fingerprint density at radius 1 is 1.10 bits per heavy atom. The van der Waals surface area contributed by atoms with Gasteiger partial charge in [-0.15, -0.1) is 0 Å². The summed E-state index contributed by atoms with van der Waals surface area (Å²) in [4.78, 5) is 54.2. The number of amides is 3. The molecule has 11 heteroatoms. The number of carbonyl (C=O) groups is 4. The molecule has 0 aliphatic carbocycles. The molecule has 7 unspecified atom stereocenters. The number of phenols is 1. The number of ether oxygens (including phenoxy) is 1. The number of phenolic OH excluding ortho intramolecular Hbond substituents is 1. The molecule has 0 bridgehead atoms. The van der Waals surface area contributed by atoms with Crippen molar-refractivity contribution < 1.29 is 34.1 Å². The normalized spacial score (nSPS) is 28.9. The van der Waals surface area contributed by atoms with Gasteiger partial charge in [-0.3, -0.25) is 14.4 Å². The van der Waals surface area contributed by atoms with Crippen LogP contribution in [0.4, 0.5) is 0 Å². The maximum absolute atomic E-state index is 13.6. The fourth-order valence-electron chi connectivity index (χ4n) is 4.85. The maximum atomic E-state index is 13.6. The number of likely N-dealkylation sites (N-methyl/N-ethyl adjacent to an activating group) is 1. The van der Waals surface area contributed by atoms with Gasteiger partial charge in [0.25, 0.3) is 0 Å². The van der Waals surface area contributed by atoms with Gasteiger partial charge in [-0.1, -0.05) is 31.6 Å². The molecule has 1 heterocycles. The van der Waals surface area contributed by atoms with Crippen LogP contribution in [0.2, 0.25) is 0 Å². The number of allylic oxidation sites excluding steroid dienone is 2. The number of hydrogen-bond acceptors (Lipinski definition) is 7. The van der Waals surface area contributed by atoms with Gasteiger partial charge in [0.2, 0.25) is 17.7 Å². The number of carbonyl (C=O) groups excluding carboxylic acids is 4. The lowest BCUT2D eigenvalue weighted by Crippen LogP contribution is -2.58. The number of aromatic hydroxyl groups is 1. The monoisotopic (exact) mass is 671 g/mol. The minimum absolute atomic E-state index is 0.0446. The molecule has 2 rings (SSSR count). The molecule has 3 amide bonds. The van der Waals surface area contributed by atoms with Crippen molar-refractivity contribution in [3.05, 3.63) is 39.0 Å². The third-order valence-corrected chi connectivity index (χ3v) is 7.85.